The molecule has 5 rings (SSSR count). The van der Waals surface area contributed by atoms with Crippen LogP contribution >= 0.6 is 0 Å². The van der Waals surface area contributed by atoms with E-state index in [-0.39, 0.29) is 12.7 Å². The van der Waals surface area contributed by atoms with E-state index in [4.69, 9.17) is 24.7 Å². The summed E-state index contributed by atoms with van der Waals surface area (Å²) < 4.78 is 22.1. The van der Waals surface area contributed by atoms with Crippen LogP contribution in [0.2, 0.25) is 0 Å². The maximum atomic E-state index is 9.83. The van der Waals surface area contributed by atoms with Crippen molar-refractivity contribution in [1.29, 1.82) is 5.26 Å². The molecule has 0 unspecified atom stereocenters. The normalized spacial score (nSPS) is 16.8. The van der Waals surface area contributed by atoms with Crippen molar-refractivity contribution in [3.63, 3.8) is 0 Å². The first-order chi connectivity index (χ1) is 14.2. The monoisotopic (exact) mass is 388 g/mol. The lowest BCUT2D eigenvalue weighted by atomic mass is 9.82. The summed E-state index contributed by atoms with van der Waals surface area (Å²) in [7, 11) is 1.59. The molecule has 0 spiro atoms. The number of benzene rings is 2. The third-order valence-corrected chi connectivity index (χ3v) is 5.05. The first-order valence-electron chi connectivity index (χ1n) is 8.90. The summed E-state index contributed by atoms with van der Waals surface area (Å²) in [6.45, 7) is 0.185. The molecule has 3 heterocycles. The van der Waals surface area contributed by atoms with Crippen LogP contribution in [0.5, 0.6) is 23.1 Å². The Hall–Kier alpha value is -4.12. The van der Waals surface area contributed by atoms with Crippen molar-refractivity contribution < 1.29 is 18.9 Å². The van der Waals surface area contributed by atoms with Gasteiger partial charge in [0.05, 0.1) is 24.3 Å². The summed E-state index contributed by atoms with van der Waals surface area (Å²) in [4.78, 5) is 0. The summed E-state index contributed by atoms with van der Waals surface area (Å²) in [6, 6.07) is 15.3. The molecule has 2 aliphatic heterocycles. The number of hydrogen-bond donors (Lipinski definition) is 2. The van der Waals surface area contributed by atoms with E-state index in [2.05, 4.69) is 16.3 Å². The second-order valence-electron chi connectivity index (χ2n) is 6.55. The van der Waals surface area contributed by atoms with Crippen LogP contribution in [0, 0.1) is 11.3 Å². The predicted molar refractivity (Wildman–Crippen MR) is 102 cm³/mol. The van der Waals surface area contributed by atoms with Crippen molar-refractivity contribution in [3.05, 3.63) is 65.0 Å². The standard InChI is InChI=1S/C21H16N4O4/c1-26-14-5-3-2-4-12(14)17-13(9-22)20(23)29-21-18(17)19(24-25-21)11-6-7-15-16(8-11)28-10-27-15/h2-8,17H,10,23H2,1H3,(H,24,25)/t17-/m0/s1. The maximum Gasteiger partial charge on any atom is 0.244 e. The van der Waals surface area contributed by atoms with Gasteiger partial charge in [0.15, 0.2) is 11.5 Å². The number of ether oxygens (including phenoxy) is 4. The van der Waals surface area contributed by atoms with E-state index >= 15 is 0 Å². The number of hydrogen-bond acceptors (Lipinski definition) is 7. The predicted octanol–water partition coefficient (Wildman–Crippen LogP) is 3.03. The molecular formula is C21H16N4O4. The van der Waals surface area contributed by atoms with Crippen molar-refractivity contribution in [2.45, 2.75) is 5.92 Å². The van der Waals surface area contributed by atoms with Gasteiger partial charge in [0.2, 0.25) is 18.6 Å². The van der Waals surface area contributed by atoms with Gasteiger partial charge in [-0.05, 0) is 24.3 Å². The van der Waals surface area contributed by atoms with Crippen molar-refractivity contribution >= 4 is 0 Å². The number of aromatic amines is 1. The molecular weight excluding hydrogens is 372 g/mol. The molecule has 0 aliphatic carbocycles. The molecule has 3 N–H and O–H groups in total. The number of nitrogens with two attached hydrogens (primary N) is 1. The third-order valence-electron chi connectivity index (χ3n) is 5.05. The quantitative estimate of drug-likeness (QED) is 0.708. The Morgan fingerprint density at radius 1 is 1.21 bits per heavy atom. The van der Waals surface area contributed by atoms with Gasteiger partial charge < -0.3 is 24.7 Å². The van der Waals surface area contributed by atoms with E-state index in [0.717, 1.165) is 11.1 Å². The van der Waals surface area contributed by atoms with E-state index in [9.17, 15) is 5.26 Å². The van der Waals surface area contributed by atoms with E-state index in [1.807, 2.05) is 42.5 Å². The number of H-pyrrole nitrogens is 1. The highest BCUT2D eigenvalue weighted by Gasteiger charge is 2.37. The summed E-state index contributed by atoms with van der Waals surface area (Å²) in [5.41, 5.74) is 9.37. The maximum absolute atomic E-state index is 9.83. The molecule has 0 amide bonds. The van der Waals surface area contributed by atoms with Crippen LogP contribution in [0.25, 0.3) is 11.3 Å². The summed E-state index contributed by atoms with van der Waals surface area (Å²) >= 11 is 0. The molecule has 0 saturated heterocycles. The fourth-order valence-electron chi connectivity index (χ4n) is 3.73. The van der Waals surface area contributed by atoms with Crippen LogP contribution in [-0.4, -0.2) is 24.1 Å². The Balaban J connectivity index is 1.73. The average molecular weight is 388 g/mol. The van der Waals surface area contributed by atoms with Gasteiger partial charge in [-0.15, -0.1) is 5.10 Å². The van der Waals surface area contributed by atoms with Gasteiger partial charge in [0.25, 0.3) is 0 Å². The lowest BCUT2D eigenvalue weighted by Gasteiger charge is -2.25. The van der Waals surface area contributed by atoms with Crippen LogP contribution in [-0.2, 0) is 0 Å². The van der Waals surface area contributed by atoms with E-state index in [0.29, 0.717) is 40.0 Å². The lowest BCUT2D eigenvalue weighted by Crippen LogP contribution is -2.21. The van der Waals surface area contributed by atoms with E-state index in [1.165, 1.54) is 0 Å². The highest BCUT2D eigenvalue weighted by Crippen LogP contribution is 2.48. The number of allylic oxidation sites excluding steroid dienone is 1. The zero-order valence-corrected chi connectivity index (χ0v) is 15.4. The second-order valence-corrected chi connectivity index (χ2v) is 6.55. The van der Waals surface area contributed by atoms with Crippen LogP contribution in [0.15, 0.2) is 53.9 Å². The molecule has 2 aliphatic rings. The van der Waals surface area contributed by atoms with Crippen molar-refractivity contribution in [1.82, 2.24) is 10.2 Å². The number of para-hydroxylation sites is 1. The molecule has 0 saturated carbocycles. The molecule has 1 atom stereocenters. The molecule has 2 aromatic carbocycles. The molecule has 0 bridgehead atoms. The minimum atomic E-state index is -0.501. The van der Waals surface area contributed by atoms with Crippen molar-refractivity contribution in [2.75, 3.05) is 13.9 Å². The average Bonchev–Trinajstić information content (AvgIpc) is 3.38. The molecule has 0 radical (unpaired) electrons. The summed E-state index contributed by atoms with van der Waals surface area (Å²) in [5.74, 6) is 1.82. The SMILES string of the molecule is COc1ccccc1[C@H]1C(C#N)=C(N)Oc2n[nH]c(-c3ccc4c(c3)OCO4)c21. The Morgan fingerprint density at radius 3 is 2.86 bits per heavy atom. The van der Waals surface area contributed by atoms with Gasteiger partial charge in [0, 0.05) is 11.1 Å². The minimum Gasteiger partial charge on any atom is -0.496 e. The number of aromatic nitrogens is 2. The lowest BCUT2D eigenvalue weighted by molar-refractivity contribution is 0.174. The number of nitrogens with one attached hydrogen (secondary N) is 1. The van der Waals surface area contributed by atoms with E-state index < -0.39 is 5.92 Å². The van der Waals surface area contributed by atoms with Gasteiger partial charge in [-0.2, -0.15) is 5.26 Å². The zero-order valence-electron chi connectivity index (χ0n) is 15.4. The Bertz CT molecular complexity index is 1190. The fourth-order valence-corrected chi connectivity index (χ4v) is 3.73. The van der Waals surface area contributed by atoms with Gasteiger partial charge in [0.1, 0.15) is 17.4 Å². The first kappa shape index (κ1) is 17.0. The molecule has 29 heavy (non-hydrogen) atoms. The zero-order chi connectivity index (χ0) is 20.0. The van der Waals surface area contributed by atoms with E-state index in [1.54, 1.807) is 7.11 Å². The van der Waals surface area contributed by atoms with Crippen LogP contribution in [0.4, 0.5) is 0 Å². The number of fused-ring (bicyclic) bond motifs is 2. The molecule has 3 aromatic rings. The Labute approximate surface area is 166 Å². The molecule has 1 aromatic heterocycles. The van der Waals surface area contributed by atoms with Crippen LogP contribution in [0.1, 0.15) is 17.0 Å². The molecule has 8 heteroatoms. The first-order valence-corrected chi connectivity index (χ1v) is 8.90. The highest BCUT2D eigenvalue weighted by molar-refractivity contribution is 5.73. The summed E-state index contributed by atoms with van der Waals surface area (Å²) in [5, 5.41) is 17.1. The minimum absolute atomic E-state index is 0.0274. The Kier molecular flexibility index (Phi) is 3.81. The number of nitrogens with zero attached hydrogens (tertiary/aromatic N) is 2. The molecule has 0 fully saturated rings. The topological polar surface area (TPSA) is 115 Å². The van der Waals surface area contributed by atoms with Gasteiger partial charge in [-0.25, -0.2) is 0 Å². The number of methoxy groups -OCH3 is 1. The third kappa shape index (κ3) is 2.56. The van der Waals surface area contributed by atoms with Crippen molar-refractivity contribution in [3.8, 4) is 40.5 Å². The second kappa shape index (κ2) is 6.49. The smallest absolute Gasteiger partial charge is 0.244 e. The molecule has 144 valence electrons. The Morgan fingerprint density at radius 2 is 2.03 bits per heavy atom. The van der Waals surface area contributed by atoms with Crippen molar-refractivity contribution in [2.24, 2.45) is 5.73 Å². The van der Waals surface area contributed by atoms with Gasteiger partial charge >= 0.3 is 0 Å². The van der Waals surface area contributed by atoms with Crippen LogP contribution in [0.3, 0.4) is 0 Å². The van der Waals surface area contributed by atoms with Crippen LogP contribution < -0.4 is 24.7 Å². The molecule has 8 nitrogen and oxygen atoms in total. The number of nitriles is 1. The fraction of sp³-hybridized carbons (Fsp3) is 0.143. The largest absolute Gasteiger partial charge is 0.496 e. The van der Waals surface area contributed by atoms with Gasteiger partial charge in [-0.3, -0.25) is 5.10 Å². The number of rotatable bonds is 3. The highest BCUT2D eigenvalue weighted by atomic mass is 16.7. The van der Waals surface area contributed by atoms with Gasteiger partial charge in [-0.1, -0.05) is 18.2 Å². The summed E-state index contributed by atoms with van der Waals surface area (Å²) in [6.07, 6.45) is 0.